The number of aromatic nitrogens is 1. The zero-order valence-corrected chi connectivity index (χ0v) is 8.35. The third-order valence-corrected chi connectivity index (χ3v) is 1.81. The lowest BCUT2D eigenvalue weighted by Gasteiger charge is -1.97. The number of nitrogens with zero attached hydrogens (tertiary/aromatic N) is 2. The molecule has 0 aliphatic rings. The third kappa shape index (κ3) is 3.39. The second-order valence-electron chi connectivity index (χ2n) is 2.99. The van der Waals surface area contributed by atoms with Gasteiger partial charge in [-0.25, -0.2) is 0 Å². The molecule has 1 aromatic rings. The Morgan fingerprint density at radius 3 is 2.93 bits per heavy atom. The lowest BCUT2D eigenvalue weighted by atomic mass is 10.2. The molecule has 1 heterocycles. The molecule has 0 unspecified atom stereocenters. The molecule has 0 aliphatic heterocycles. The van der Waals surface area contributed by atoms with Crippen molar-refractivity contribution in [2.45, 2.75) is 19.8 Å². The Morgan fingerprint density at radius 2 is 2.36 bits per heavy atom. The van der Waals surface area contributed by atoms with E-state index in [4.69, 9.17) is 5.84 Å². The van der Waals surface area contributed by atoms with Gasteiger partial charge in [-0.05, 0) is 24.1 Å². The van der Waals surface area contributed by atoms with Gasteiger partial charge in [-0.3, -0.25) is 4.98 Å². The fraction of sp³-hybridized carbons (Fsp3) is 0.273. The number of aryl methyl sites for hydroxylation is 1. The van der Waals surface area contributed by atoms with Gasteiger partial charge in [0.15, 0.2) is 0 Å². The first-order valence-corrected chi connectivity index (χ1v) is 4.71. The van der Waals surface area contributed by atoms with Crippen molar-refractivity contribution in [1.82, 2.24) is 4.98 Å². The van der Waals surface area contributed by atoms with Crippen LogP contribution >= 0.6 is 0 Å². The fourth-order valence-corrected chi connectivity index (χ4v) is 1.14. The summed E-state index contributed by atoms with van der Waals surface area (Å²) in [5.41, 5.74) is 2.20. The van der Waals surface area contributed by atoms with Crippen LogP contribution in [0, 0.1) is 0 Å². The molecular weight excluding hydrogens is 174 g/mol. The molecule has 0 saturated heterocycles. The summed E-state index contributed by atoms with van der Waals surface area (Å²) in [6.45, 7) is 2.15. The van der Waals surface area contributed by atoms with E-state index in [0.717, 1.165) is 24.1 Å². The SMILES string of the molecule is CCCc1ccc(/C=C/C=N\N)cn1. The molecule has 1 rings (SSSR count). The molecule has 0 atom stereocenters. The molecule has 2 N–H and O–H groups in total. The highest BCUT2D eigenvalue weighted by Gasteiger charge is 1.91. The summed E-state index contributed by atoms with van der Waals surface area (Å²) in [5.74, 6) is 4.96. The molecule has 3 heteroatoms. The highest BCUT2D eigenvalue weighted by molar-refractivity contribution is 5.77. The van der Waals surface area contributed by atoms with Crippen LogP contribution < -0.4 is 5.84 Å². The Labute approximate surface area is 84.4 Å². The molecule has 14 heavy (non-hydrogen) atoms. The molecule has 0 aromatic carbocycles. The van der Waals surface area contributed by atoms with Gasteiger partial charge in [0.25, 0.3) is 0 Å². The first-order valence-electron chi connectivity index (χ1n) is 4.71. The normalized spacial score (nSPS) is 11.5. The Morgan fingerprint density at radius 1 is 1.50 bits per heavy atom. The molecule has 0 radical (unpaired) electrons. The van der Waals surface area contributed by atoms with Crippen molar-refractivity contribution in [2.75, 3.05) is 0 Å². The quantitative estimate of drug-likeness (QED) is 0.447. The van der Waals surface area contributed by atoms with E-state index in [0.29, 0.717) is 0 Å². The molecule has 0 fully saturated rings. The smallest absolute Gasteiger partial charge is 0.0465 e. The summed E-state index contributed by atoms with van der Waals surface area (Å²) in [6, 6.07) is 4.08. The number of hydrogen-bond donors (Lipinski definition) is 1. The van der Waals surface area contributed by atoms with E-state index in [-0.39, 0.29) is 0 Å². The predicted molar refractivity (Wildman–Crippen MR) is 59.9 cm³/mol. The number of hydrogen-bond acceptors (Lipinski definition) is 3. The Bertz CT molecular complexity index is 312. The Balaban J connectivity index is 2.63. The van der Waals surface area contributed by atoms with Gasteiger partial charge in [0.05, 0.1) is 0 Å². The van der Waals surface area contributed by atoms with Crippen molar-refractivity contribution < 1.29 is 0 Å². The van der Waals surface area contributed by atoms with Crippen LogP contribution in [0.4, 0.5) is 0 Å². The van der Waals surface area contributed by atoms with Crippen molar-refractivity contribution >= 4 is 12.3 Å². The number of hydrazone groups is 1. The summed E-state index contributed by atoms with van der Waals surface area (Å²) in [4.78, 5) is 4.32. The van der Waals surface area contributed by atoms with E-state index in [1.807, 2.05) is 24.4 Å². The van der Waals surface area contributed by atoms with Gasteiger partial charge in [-0.2, -0.15) is 5.10 Å². The van der Waals surface area contributed by atoms with Gasteiger partial charge in [-0.1, -0.05) is 25.5 Å². The van der Waals surface area contributed by atoms with Crippen LogP contribution in [0.15, 0.2) is 29.5 Å². The van der Waals surface area contributed by atoms with Crippen molar-refractivity contribution in [2.24, 2.45) is 10.9 Å². The van der Waals surface area contributed by atoms with Crippen LogP contribution in [-0.4, -0.2) is 11.2 Å². The number of nitrogens with two attached hydrogens (primary N) is 1. The molecule has 0 aliphatic carbocycles. The minimum absolute atomic E-state index is 1.04. The monoisotopic (exact) mass is 189 g/mol. The Hall–Kier alpha value is -1.64. The number of allylic oxidation sites excluding steroid dienone is 1. The number of rotatable bonds is 4. The fourth-order valence-electron chi connectivity index (χ4n) is 1.14. The molecule has 0 amide bonds. The van der Waals surface area contributed by atoms with Gasteiger partial charge < -0.3 is 5.84 Å². The highest BCUT2D eigenvalue weighted by Crippen LogP contribution is 2.03. The van der Waals surface area contributed by atoms with Crippen molar-refractivity contribution in [1.29, 1.82) is 0 Å². The van der Waals surface area contributed by atoms with Crippen LogP contribution in [0.5, 0.6) is 0 Å². The maximum atomic E-state index is 4.96. The minimum Gasteiger partial charge on any atom is -0.323 e. The van der Waals surface area contributed by atoms with Crippen molar-refractivity contribution in [3.8, 4) is 0 Å². The second kappa shape index (κ2) is 5.91. The molecule has 3 nitrogen and oxygen atoms in total. The zero-order chi connectivity index (χ0) is 10.2. The van der Waals surface area contributed by atoms with Gasteiger partial charge in [0, 0.05) is 18.1 Å². The summed E-state index contributed by atoms with van der Waals surface area (Å²) in [6.07, 6.45) is 9.26. The largest absolute Gasteiger partial charge is 0.323 e. The summed E-state index contributed by atoms with van der Waals surface area (Å²) >= 11 is 0. The van der Waals surface area contributed by atoms with E-state index in [2.05, 4.69) is 17.0 Å². The van der Waals surface area contributed by atoms with Gasteiger partial charge in [0.2, 0.25) is 0 Å². The predicted octanol–water partition coefficient (Wildman–Crippen LogP) is 1.99. The zero-order valence-electron chi connectivity index (χ0n) is 8.35. The summed E-state index contributed by atoms with van der Waals surface area (Å²) < 4.78 is 0. The maximum absolute atomic E-state index is 4.96. The number of pyridine rings is 1. The average molecular weight is 189 g/mol. The van der Waals surface area contributed by atoms with Gasteiger partial charge in [-0.15, -0.1) is 0 Å². The molecule has 0 bridgehead atoms. The molecular formula is C11H15N3. The van der Waals surface area contributed by atoms with Gasteiger partial charge in [0.1, 0.15) is 0 Å². The molecule has 74 valence electrons. The first kappa shape index (κ1) is 10.4. The highest BCUT2D eigenvalue weighted by atomic mass is 15.1. The molecule has 0 saturated carbocycles. The van der Waals surface area contributed by atoms with E-state index in [1.165, 1.54) is 0 Å². The standard InChI is InChI=1S/C11H15N3/c1-2-4-11-7-6-10(9-13-11)5-3-8-14-12/h3,5-9H,2,4,12H2,1H3/b5-3+,14-8-. The van der Waals surface area contributed by atoms with Crippen molar-refractivity contribution in [3.05, 3.63) is 35.7 Å². The average Bonchev–Trinajstić information content (AvgIpc) is 2.21. The first-order chi connectivity index (χ1) is 6.86. The molecule has 1 aromatic heterocycles. The van der Waals surface area contributed by atoms with Gasteiger partial charge >= 0.3 is 0 Å². The van der Waals surface area contributed by atoms with Crippen LogP contribution in [0.3, 0.4) is 0 Å². The lowest BCUT2D eigenvalue weighted by molar-refractivity contribution is 0.882. The summed E-state index contributed by atoms with van der Waals surface area (Å²) in [7, 11) is 0. The van der Waals surface area contributed by atoms with Crippen LogP contribution in [0.2, 0.25) is 0 Å². The topological polar surface area (TPSA) is 51.3 Å². The van der Waals surface area contributed by atoms with Crippen LogP contribution in [-0.2, 0) is 6.42 Å². The second-order valence-corrected chi connectivity index (χ2v) is 2.99. The van der Waals surface area contributed by atoms with E-state index >= 15 is 0 Å². The van der Waals surface area contributed by atoms with Crippen LogP contribution in [0.25, 0.3) is 6.08 Å². The Kier molecular flexibility index (Phi) is 4.41. The van der Waals surface area contributed by atoms with Crippen LogP contribution in [0.1, 0.15) is 24.6 Å². The summed E-state index contributed by atoms with van der Waals surface area (Å²) in [5, 5.41) is 3.37. The van der Waals surface area contributed by atoms with E-state index in [1.54, 1.807) is 12.3 Å². The maximum Gasteiger partial charge on any atom is 0.0465 e. The van der Waals surface area contributed by atoms with E-state index in [9.17, 15) is 0 Å². The van der Waals surface area contributed by atoms with E-state index < -0.39 is 0 Å². The minimum atomic E-state index is 1.04. The van der Waals surface area contributed by atoms with Crippen molar-refractivity contribution in [3.63, 3.8) is 0 Å². The molecule has 0 spiro atoms. The third-order valence-electron chi connectivity index (χ3n) is 1.81. The lowest BCUT2D eigenvalue weighted by Crippen LogP contribution is -1.88.